The molecule has 0 saturated heterocycles. The lowest BCUT2D eigenvalue weighted by atomic mass is 9.85. The highest BCUT2D eigenvalue weighted by molar-refractivity contribution is 6.00. The van der Waals surface area contributed by atoms with Gasteiger partial charge in [-0.15, -0.1) is 0 Å². The number of ketones is 1. The zero-order valence-corrected chi connectivity index (χ0v) is 14.8. The van der Waals surface area contributed by atoms with Gasteiger partial charge in [-0.3, -0.25) is 4.79 Å². The summed E-state index contributed by atoms with van der Waals surface area (Å²) in [5.74, 6) is 0.227. The van der Waals surface area contributed by atoms with Crippen LogP contribution in [-0.2, 0) is 0 Å². The summed E-state index contributed by atoms with van der Waals surface area (Å²) >= 11 is 0. The predicted molar refractivity (Wildman–Crippen MR) is 95.4 cm³/mol. The molecule has 2 heteroatoms. The summed E-state index contributed by atoms with van der Waals surface area (Å²) in [6.45, 7) is 8.81. The highest BCUT2D eigenvalue weighted by Gasteiger charge is 2.30. The molecule has 0 radical (unpaired) electrons. The van der Waals surface area contributed by atoms with Gasteiger partial charge in [-0.2, -0.15) is 0 Å². The van der Waals surface area contributed by atoms with E-state index in [9.17, 15) is 4.79 Å². The Hall–Kier alpha value is -1.15. The summed E-state index contributed by atoms with van der Waals surface area (Å²) < 4.78 is 0. The topological polar surface area (TPSA) is 29.1 Å². The first kappa shape index (κ1) is 18.9. The molecule has 1 aromatic rings. The monoisotopic (exact) mass is 303 g/mol. The Morgan fingerprint density at radius 3 is 2.18 bits per heavy atom. The Morgan fingerprint density at radius 2 is 1.68 bits per heavy atom. The van der Waals surface area contributed by atoms with Gasteiger partial charge in [0.1, 0.15) is 0 Å². The van der Waals surface area contributed by atoms with Crippen LogP contribution >= 0.6 is 0 Å². The fourth-order valence-corrected chi connectivity index (χ4v) is 3.12. The Balaban J connectivity index is 2.81. The first-order chi connectivity index (χ1) is 10.6. The van der Waals surface area contributed by atoms with Crippen LogP contribution in [0.3, 0.4) is 0 Å². The molecule has 1 rings (SSSR count). The largest absolute Gasteiger partial charge is 0.302 e. The van der Waals surface area contributed by atoms with Crippen LogP contribution in [0.1, 0.15) is 83.0 Å². The highest BCUT2D eigenvalue weighted by atomic mass is 16.1. The molecule has 0 aromatic heterocycles. The quantitative estimate of drug-likeness (QED) is 0.439. The molecular weight excluding hydrogens is 270 g/mol. The Morgan fingerprint density at radius 1 is 1.05 bits per heavy atom. The van der Waals surface area contributed by atoms with E-state index in [2.05, 4.69) is 33.0 Å². The SMILES string of the molecule is CCCCCC(CC)(CC)NC(CC)C(=O)c1ccccc1. The zero-order valence-electron chi connectivity index (χ0n) is 14.8. The van der Waals surface area contributed by atoms with E-state index in [0.717, 1.165) is 31.2 Å². The van der Waals surface area contributed by atoms with Crippen molar-refractivity contribution in [1.82, 2.24) is 5.32 Å². The van der Waals surface area contributed by atoms with Crippen molar-refractivity contribution in [3.05, 3.63) is 35.9 Å². The second-order valence-corrected chi connectivity index (χ2v) is 6.28. The lowest BCUT2D eigenvalue weighted by Gasteiger charge is -2.37. The van der Waals surface area contributed by atoms with Crippen molar-refractivity contribution in [2.75, 3.05) is 0 Å². The van der Waals surface area contributed by atoms with E-state index in [1.54, 1.807) is 0 Å². The molecule has 0 saturated carbocycles. The maximum absolute atomic E-state index is 12.8. The van der Waals surface area contributed by atoms with E-state index in [-0.39, 0.29) is 17.4 Å². The molecule has 1 atom stereocenters. The number of rotatable bonds is 11. The van der Waals surface area contributed by atoms with E-state index in [0.29, 0.717) is 0 Å². The van der Waals surface area contributed by atoms with Gasteiger partial charge in [-0.05, 0) is 25.7 Å². The highest BCUT2D eigenvalue weighted by Crippen LogP contribution is 2.25. The summed E-state index contributed by atoms with van der Waals surface area (Å²) in [6.07, 6.45) is 7.89. The smallest absolute Gasteiger partial charge is 0.179 e. The molecule has 22 heavy (non-hydrogen) atoms. The Bertz CT molecular complexity index is 423. The van der Waals surface area contributed by atoms with Crippen LogP contribution in [0.5, 0.6) is 0 Å². The Labute approximate surface area is 136 Å². The number of Topliss-reactive ketones (excluding diaryl/α,β-unsaturated/α-hetero) is 1. The summed E-state index contributed by atoms with van der Waals surface area (Å²) in [5, 5.41) is 3.72. The van der Waals surface area contributed by atoms with Gasteiger partial charge < -0.3 is 5.32 Å². The van der Waals surface area contributed by atoms with E-state index in [4.69, 9.17) is 0 Å². The lowest BCUT2D eigenvalue weighted by molar-refractivity contribution is 0.0904. The molecule has 0 heterocycles. The van der Waals surface area contributed by atoms with Crippen molar-refractivity contribution >= 4 is 5.78 Å². The molecule has 0 aliphatic carbocycles. The van der Waals surface area contributed by atoms with Gasteiger partial charge in [0.25, 0.3) is 0 Å². The first-order valence-electron chi connectivity index (χ1n) is 8.99. The predicted octanol–water partition coefficient (Wildman–Crippen LogP) is 5.38. The van der Waals surface area contributed by atoms with Gasteiger partial charge >= 0.3 is 0 Å². The fourth-order valence-electron chi connectivity index (χ4n) is 3.12. The standard InChI is InChI=1S/C20H33NO/c1-5-9-13-16-20(7-3,8-4)21-18(6-2)19(22)17-14-11-10-12-15-17/h10-12,14-15,18,21H,5-9,13,16H2,1-4H3. The zero-order chi connectivity index (χ0) is 16.4. The van der Waals surface area contributed by atoms with Crippen LogP contribution in [-0.4, -0.2) is 17.4 Å². The molecule has 2 nitrogen and oxygen atoms in total. The number of hydrogen-bond donors (Lipinski definition) is 1. The molecule has 0 aliphatic heterocycles. The summed E-state index contributed by atoms with van der Waals surface area (Å²) in [4.78, 5) is 12.8. The molecule has 124 valence electrons. The minimum Gasteiger partial charge on any atom is -0.302 e. The molecule has 1 aromatic carbocycles. The molecule has 0 aliphatic rings. The number of nitrogens with one attached hydrogen (secondary N) is 1. The maximum atomic E-state index is 12.8. The number of benzene rings is 1. The summed E-state index contributed by atoms with van der Waals surface area (Å²) in [6, 6.07) is 9.59. The van der Waals surface area contributed by atoms with Crippen LogP contribution in [0.4, 0.5) is 0 Å². The van der Waals surface area contributed by atoms with Crippen LogP contribution in [0, 0.1) is 0 Å². The van der Waals surface area contributed by atoms with Crippen molar-refractivity contribution < 1.29 is 4.79 Å². The minimum atomic E-state index is -0.0797. The molecule has 0 bridgehead atoms. The third-order valence-electron chi connectivity index (χ3n) is 4.88. The Kier molecular flexibility index (Phi) is 8.40. The molecule has 0 spiro atoms. The van der Waals surface area contributed by atoms with E-state index in [1.165, 1.54) is 19.3 Å². The second-order valence-electron chi connectivity index (χ2n) is 6.28. The maximum Gasteiger partial charge on any atom is 0.179 e. The van der Waals surface area contributed by atoms with E-state index in [1.807, 2.05) is 30.3 Å². The van der Waals surface area contributed by atoms with Crippen molar-refractivity contribution in [3.8, 4) is 0 Å². The van der Waals surface area contributed by atoms with Crippen molar-refractivity contribution in [1.29, 1.82) is 0 Å². The summed E-state index contributed by atoms with van der Waals surface area (Å²) in [7, 11) is 0. The molecule has 1 unspecified atom stereocenters. The average Bonchev–Trinajstić information content (AvgIpc) is 2.58. The number of carbonyl (C=O) groups excluding carboxylic acids is 1. The molecule has 0 fully saturated rings. The van der Waals surface area contributed by atoms with Gasteiger partial charge in [0, 0.05) is 11.1 Å². The van der Waals surface area contributed by atoms with Crippen molar-refractivity contribution in [2.24, 2.45) is 0 Å². The fraction of sp³-hybridized carbons (Fsp3) is 0.650. The van der Waals surface area contributed by atoms with Gasteiger partial charge in [0.15, 0.2) is 5.78 Å². The third-order valence-corrected chi connectivity index (χ3v) is 4.88. The van der Waals surface area contributed by atoms with E-state index >= 15 is 0 Å². The number of carbonyl (C=O) groups is 1. The average molecular weight is 303 g/mol. The molecule has 0 amide bonds. The van der Waals surface area contributed by atoms with Gasteiger partial charge in [0.05, 0.1) is 6.04 Å². The van der Waals surface area contributed by atoms with Crippen molar-refractivity contribution in [2.45, 2.75) is 84.2 Å². The van der Waals surface area contributed by atoms with Crippen LogP contribution in [0.2, 0.25) is 0 Å². The van der Waals surface area contributed by atoms with Crippen LogP contribution < -0.4 is 5.32 Å². The molecule has 1 N–H and O–H groups in total. The van der Waals surface area contributed by atoms with Crippen molar-refractivity contribution in [3.63, 3.8) is 0 Å². The van der Waals surface area contributed by atoms with Crippen LogP contribution in [0.25, 0.3) is 0 Å². The normalized spacial score (nSPS) is 13.1. The number of unbranched alkanes of at least 4 members (excludes halogenated alkanes) is 2. The lowest BCUT2D eigenvalue weighted by Crippen LogP contribution is -2.52. The number of hydrogen-bond acceptors (Lipinski definition) is 2. The van der Waals surface area contributed by atoms with Gasteiger partial charge in [-0.1, -0.05) is 77.3 Å². The van der Waals surface area contributed by atoms with E-state index < -0.39 is 0 Å². The van der Waals surface area contributed by atoms with Crippen LogP contribution in [0.15, 0.2) is 30.3 Å². The third kappa shape index (κ3) is 5.24. The second kappa shape index (κ2) is 9.78. The summed E-state index contributed by atoms with van der Waals surface area (Å²) in [5.41, 5.74) is 0.914. The first-order valence-corrected chi connectivity index (χ1v) is 8.99. The van der Waals surface area contributed by atoms with Gasteiger partial charge in [0.2, 0.25) is 0 Å². The van der Waals surface area contributed by atoms with Gasteiger partial charge in [-0.25, -0.2) is 0 Å². The molecular formula is C20H33NO. The minimum absolute atomic E-state index is 0.0797.